The van der Waals surface area contributed by atoms with Crippen molar-refractivity contribution < 1.29 is 13.6 Å². The summed E-state index contributed by atoms with van der Waals surface area (Å²) in [6.07, 6.45) is 0. The Morgan fingerprint density at radius 3 is 2.55 bits per heavy atom. The summed E-state index contributed by atoms with van der Waals surface area (Å²) in [6.45, 7) is 0.365. The largest absolute Gasteiger partial charge is 0.439 e. The van der Waals surface area contributed by atoms with E-state index in [2.05, 4.69) is 4.98 Å². The summed E-state index contributed by atoms with van der Waals surface area (Å²) >= 11 is 12.1. The first kappa shape index (κ1) is 19.4. The Balaban J connectivity index is 1.67. The average molecular weight is 429 g/mol. The number of amides is 1. The first-order valence-corrected chi connectivity index (χ1v) is 9.58. The number of hydrogen-bond donors (Lipinski definition) is 0. The highest BCUT2D eigenvalue weighted by atomic mass is 35.5. The second kappa shape index (κ2) is 8.23. The van der Waals surface area contributed by atoms with Crippen LogP contribution in [0.25, 0.3) is 11.1 Å². The smallest absolute Gasteiger partial charge is 0.254 e. The number of rotatable bonds is 5. The van der Waals surface area contributed by atoms with Crippen LogP contribution < -0.4 is 0 Å². The standard InChI is InChI=1S/C22H15Cl2FN2O2/c23-16-5-1-3-14(9-16)12-27(22(28)15-4-2-6-18(25)10-15)13-21-26-19-11-17(24)7-8-20(19)29-21/h1-11H,12-13H2. The van der Waals surface area contributed by atoms with Crippen LogP contribution in [0.15, 0.2) is 71.1 Å². The molecule has 29 heavy (non-hydrogen) atoms. The summed E-state index contributed by atoms with van der Waals surface area (Å²) in [4.78, 5) is 19.1. The van der Waals surface area contributed by atoms with Crippen molar-refractivity contribution in [2.24, 2.45) is 0 Å². The molecule has 0 aliphatic heterocycles. The van der Waals surface area contributed by atoms with Gasteiger partial charge in [0.1, 0.15) is 11.3 Å². The van der Waals surface area contributed by atoms with Gasteiger partial charge in [0, 0.05) is 22.2 Å². The monoisotopic (exact) mass is 428 g/mol. The molecule has 4 nitrogen and oxygen atoms in total. The van der Waals surface area contributed by atoms with Crippen LogP contribution >= 0.6 is 23.2 Å². The van der Waals surface area contributed by atoms with Gasteiger partial charge in [-0.2, -0.15) is 0 Å². The molecular weight excluding hydrogens is 414 g/mol. The van der Waals surface area contributed by atoms with Crippen molar-refractivity contribution in [2.75, 3.05) is 0 Å². The Bertz CT molecular complexity index is 1190. The van der Waals surface area contributed by atoms with Crippen LogP contribution in [0.1, 0.15) is 21.8 Å². The Labute approximate surface area is 176 Å². The number of nitrogens with zero attached hydrogens (tertiary/aromatic N) is 2. The molecule has 0 spiro atoms. The molecule has 0 radical (unpaired) electrons. The molecule has 0 aliphatic rings. The number of carbonyl (C=O) groups excluding carboxylic acids is 1. The van der Waals surface area contributed by atoms with E-state index in [9.17, 15) is 9.18 Å². The van der Waals surface area contributed by atoms with Gasteiger partial charge >= 0.3 is 0 Å². The lowest BCUT2D eigenvalue weighted by Gasteiger charge is -2.21. The zero-order valence-corrected chi connectivity index (χ0v) is 16.6. The van der Waals surface area contributed by atoms with Gasteiger partial charge in [0.2, 0.25) is 5.89 Å². The van der Waals surface area contributed by atoms with Gasteiger partial charge in [-0.1, -0.05) is 41.4 Å². The lowest BCUT2D eigenvalue weighted by Crippen LogP contribution is -2.30. The highest BCUT2D eigenvalue weighted by Crippen LogP contribution is 2.22. The van der Waals surface area contributed by atoms with Gasteiger partial charge in [0.15, 0.2) is 5.58 Å². The van der Waals surface area contributed by atoms with Crippen LogP contribution in [0.2, 0.25) is 10.0 Å². The summed E-state index contributed by atoms with van der Waals surface area (Å²) in [5, 5.41) is 1.11. The molecule has 0 atom stereocenters. The van der Waals surface area contributed by atoms with Crippen molar-refractivity contribution in [2.45, 2.75) is 13.1 Å². The Hall–Kier alpha value is -2.89. The third kappa shape index (κ3) is 4.58. The van der Waals surface area contributed by atoms with E-state index in [1.54, 1.807) is 36.4 Å². The average Bonchev–Trinajstić information content (AvgIpc) is 3.08. The van der Waals surface area contributed by atoms with Gasteiger partial charge in [0.25, 0.3) is 5.91 Å². The van der Waals surface area contributed by atoms with E-state index in [4.69, 9.17) is 27.6 Å². The lowest BCUT2D eigenvalue weighted by molar-refractivity contribution is 0.0715. The van der Waals surface area contributed by atoms with Gasteiger partial charge in [-0.15, -0.1) is 0 Å². The number of fused-ring (bicyclic) bond motifs is 1. The molecule has 0 aliphatic carbocycles. The molecular formula is C22H15Cl2FN2O2. The Morgan fingerprint density at radius 2 is 1.76 bits per heavy atom. The number of halogens is 3. The highest BCUT2D eigenvalue weighted by Gasteiger charge is 2.20. The normalized spacial score (nSPS) is 11.0. The van der Waals surface area contributed by atoms with E-state index in [0.717, 1.165) is 5.56 Å². The molecule has 1 heterocycles. The molecule has 146 valence electrons. The maximum atomic E-state index is 13.6. The third-order valence-corrected chi connectivity index (χ3v) is 4.81. The van der Waals surface area contributed by atoms with Gasteiger partial charge in [-0.05, 0) is 54.1 Å². The van der Waals surface area contributed by atoms with Gasteiger partial charge in [0.05, 0.1) is 6.54 Å². The Morgan fingerprint density at radius 1 is 0.966 bits per heavy atom. The second-order valence-electron chi connectivity index (χ2n) is 6.52. The molecule has 1 aromatic heterocycles. The topological polar surface area (TPSA) is 46.3 Å². The molecule has 0 unspecified atom stereocenters. The fraction of sp³-hybridized carbons (Fsp3) is 0.0909. The van der Waals surface area contributed by atoms with Gasteiger partial charge in [-0.25, -0.2) is 9.37 Å². The minimum absolute atomic E-state index is 0.105. The SMILES string of the molecule is O=C(c1cccc(F)c1)N(Cc1cccc(Cl)c1)Cc1nc2cc(Cl)ccc2o1. The molecule has 0 fully saturated rings. The fourth-order valence-corrected chi connectivity index (χ4v) is 3.42. The van der Waals surface area contributed by atoms with E-state index in [1.165, 1.54) is 23.1 Å². The van der Waals surface area contributed by atoms with Crippen LogP contribution in [0.5, 0.6) is 0 Å². The summed E-state index contributed by atoms with van der Waals surface area (Å²) in [5.41, 5.74) is 2.26. The maximum Gasteiger partial charge on any atom is 0.254 e. The molecule has 0 N–H and O–H groups in total. The van der Waals surface area contributed by atoms with Crippen LogP contribution in [0, 0.1) is 5.82 Å². The first-order chi connectivity index (χ1) is 14.0. The zero-order valence-electron chi connectivity index (χ0n) is 15.1. The number of oxazole rings is 1. The van der Waals surface area contributed by atoms with Crippen LogP contribution in [0.4, 0.5) is 4.39 Å². The van der Waals surface area contributed by atoms with E-state index in [1.807, 2.05) is 12.1 Å². The van der Waals surface area contributed by atoms with E-state index < -0.39 is 5.82 Å². The van der Waals surface area contributed by atoms with Crippen molar-refractivity contribution >= 4 is 40.2 Å². The van der Waals surface area contributed by atoms with Gasteiger partial charge < -0.3 is 9.32 Å². The molecule has 3 aromatic carbocycles. The van der Waals surface area contributed by atoms with Crippen molar-refractivity contribution in [3.05, 3.63) is 99.6 Å². The lowest BCUT2D eigenvalue weighted by atomic mass is 10.1. The summed E-state index contributed by atoms with van der Waals surface area (Å²) in [5.74, 6) is -0.464. The summed E-state index contributed by atoms with van der Waals surface area (Å²) in [7, 11) is 0. The minimum atomic E-state index is -0.477. The molecule has 0 saturated heterocycles. The van der Waals surface area contributed by atoms with Crippen molar-refractivity contribution in [3.63, 3.8) is 0 Å². The van der Waals surface area contributed by atoms with Crippen molar-refractivity contribution in [1.29, 1.82) is 0 Å². The highest BCUT2D eigenvalue weighted by molar-refractivity contribution is 6.31. The van der Waals surface area contributed by atoms with E-state index >= 15 is 0 Å². The zero-order chi connectivity index (χ0) is 20.4. The van der Waals surface area contributed by atoms with Crippen molar-refractivity contribution in [1.82, 2.24) is 9.88 Å². The maximum absolute atomic E-state index is 13.6. The number of carbonyl (C=O) groups is 1. The van der Waals surface area contributed by atoms with Crippen LogP contribution in [0.3, 0.4) is 0 Å². The molecule has 0 bridgehead atoms. The summed E-state index contributed by atoms with van der Waals surface area (Å²) in [6, 6.07) is 17.9. The molecule has 4 rings (SSSR count). The van der Waals surface area contributed by atoms with E-state index in [0.29, 0.717) is 27.0 Å². The molecule has 4 aromatic rings. The number of aromatic nitrogens is 1. The van der Waals surface area contributed by atoms with Crippen LogP contribution in [-0.2, 0) is 13.1 Å². The predicted octanol–water partition coefficient (Wildman–Crippen LogP) is 6.12. The van der Waals surface area contributed by atoms with Crippen LogP contribution in [-0.4, -0.2) is 15.8 Å². The minimum Gasteiger partial charge on any atom is -0.439 e. The quantitative estimate of drug-likeness (QED) is 0.384. The fourth-order valence-electron chi connectivity index (χ4n) is 3.04. The Kier molecular flexibility index (Phi) is 5.51. The molecule has 0 saturated carbocycles. The van der Waals surface area contributed by atoms with E-state index in [-0.39, 0.29) is 24.6 Å². The second-order valence-corrected chi connectivity index (χ2v) is 7.39. The molecule has 1 amide bonds. The third-order valence-electron chi connectivity index (χ3n) is 4.34. The predicted molar refractivity (Wildman–Crippen MR) is 110 cm³/mol. The first-order valence-electron chi connectivity index (χ1n) is 8.82. The van der Waals surface area contributed by atoms with Crippen molar-refractivity contribution in [3.8, 4) is 0 Å². The molecule has 7 heteroatoms. The van der Waals surface area contributed by atoms with Gasteiger partial charge in [-0.3, -0.25) is 4.79 Å². The number of hydrogen-bond acceptors (Lipinski definition) is 3. The number of benzene rings is 3. The summed E-state index contributed by atoms with van der Waals surface area (Å²) < 4.78 is 19.4.